The molecule has 0 radical (unpaired) electrons. The Balaban J connectivity index is 1.55. The first-order chi connectivity index (χ1) is 15.7. The van der Waals surface area contributed by atoms with Gasteiger partial charge in [-0.25, -0.2) is 0 Å². The largest absolute Gasteiger partial charge is 0.457 e. The summed E-state index contributed by atoms with van der Waals surface area (Å²) >= 11 is 6.28. The van der Waals surface area contributed by atoms with Crippen LogP contribution in [0.15, 0.2) is 63.9 Å². The molecule has 2 amide bonds. The highest BCUT2D eigenvalue weighted by atomic mass is 32.2. The average molecular weight is 480 g/mol. The van der Waals surface area contributed by atoms with E-state index in [2.05, 4.69) is 5.43 Å². The van der Waals surface area contributed by atoms with E-state index in [9.17, 15) is 19.7 Å². The molecule has 33 heavy (non-hydrogen) atoms. The predicted molar refractivity (Wildman–Crippen MR) is 129 cm³/mol. The number of rotatable bonds is 5. The standard InChI is InChI=1S/C23H17N3O5S2/c1-13-10-16(11-18(14(13)2)26(29)30)19-9-8-17(31-19)12-20-22(28)25(23(32)33-20)24-21(27)15-6-4-3-5-7-15/h3-12H,1-2H3,(H,24,27)/b20-12+. The van der Waals surface area contributed by atoms with Crippen molar-refractivity contribution < 1.29 is 18.9 Å². The van der Waals surface area contributed by atoms with Gasteiger partial charge < -0.3 is 4.42 Å². The van der Waals surface area contributed by atoms with Gasteiger partial charge in [0, 0.05) is 28.8 Å². The van der Waals surface area contributed by atoms with E-state index in [0.29, 0.717) is 28.2 Å². The number of aryl methyl sites for hydroxylation is 1. The van der Waals surface area contributed by atoms with Gasteiger partial charge >= 0.3 is 0 Å². The molecular weight excluding hydrogens is 462 g/mol. The first-order valence-corrected chi connectivity index (χ1v) is 11.0. The molecular formula is C23H17N3O5S2. The lowest BCUT2D eigenvalue weighted by atomic mass is 10.0. The summed E-state index contributed by atoms with van der Waals surface area (Å²) in [6, 6.07) is 15.1. The van der Waals surface area contributed by atoms with Gasteiger partial charge in [0.2, 0.25) is 0 Å². The minimum Gasteiger partial charge on any atom is -0.457 e. The minimum absolute atomic E-state index is 0.0120. The van der Waals surface area contributed by atoms with E-state index >= 15 is 0 Å². The number of carbonyl (C=O) groups excluding carboxylic acids is 2. The molecule has 1 fully saturated rings. The Morgan fingerprint density at radius 2 is 1.91 bits per heavy atom. The summed E-state index contributed by atoms with van der Waals surface area (Å²) in [5.41, 5.74) is 4.85. The lowest BCUT2D eigenvalue weighted by Crippen LogP contribution is -2.44. The van der Waals surface area contributed by atoms with Gasteiger partial charge in [-0.3, -0.25) is 25.1 Å². The maximum absolute atomic E-state index is 12.8. The molecule has 166 valence electrons. The quantitative estimate of drug-likeness (QED) is 0.237. The number of nitro groups is 1. The highest BCUT2D eigenvalue weighted by Gasteiger charge is 2.34. The zero-order valence-electron chi connectivity index (χ0n) is 17.5. The smallest absolute Gasteiger partial charge is 0.285 e. The number of nitrogens with one attached hydrogen (secondary N) is 1. The second-order valence-corrected chi connectivity index (χ2v) is 8.90. The molecule has 0 saturated carbocycles. The van der Waals surface area contributed by atoms with Crippen molar-refractivity contribution in [3.8, 4) is 11.3 Å². The van der Waals surface area contributed by atoms with Gasteiger partial charge in [0.05, 0.1) is 9.83 Å². The summed E-state index contributed by atoms with van der Waals surface area (Å²) < 4.78 is 6.00. The highest BCUT2D eigenvalue weighted by molar-refractivity contribution is 8.26. The molecule has 0 atom stereocenters. The van der Waals surface area contributed by atoms with E-state index in [-0.39, 0.29) is 14.9 Å². The van der Waals surface area contributed by atoms with Crippen LogP contribution in [0.5, 0.6) is 0 Å². The first kappa shape index (κ1) is 22.4. The molecule has 2 heterocycles. The summed E-state index contributed by atoms with van der Waals surface area (Å²) in [5.74, 6) is -0.125. The highest BCUT2D eigenvalue weighted by Crippen LogP contribution is 2.34. The summed E-state index contributed by atoms with van der Waals surface area (Å²) in [5, 5.41) is 12.4. The molecule has 8 nitrogen and oxygen atoms in total. The molecule has 4 rings (SSSR count). The van der Waals surface area contributed by atoms with E-state index in [1.807, 2.05) is 6.07 Å². The fourth-order valence-corrected chi connectivity index (χ4v) is 4.37. The van der Waals surface area contributed by atoms with Crippen LogP contribution in [0.2, 0.25) is 0 Å². The zero-order valence-corrected chi connectivity index (χ0v) is 19.2. The number of hydrogen-bond donors (Lipinski definition) is 1. The van der Waals surface area contributed by atoms with Crippen LogP contribution in [0.3, 0.4) is 0 Å². The lowest BCUT2D eigenvalue weighted by molar-refractivity contribution is -0.385. The summed E-state index contributed by atoms with van der Waals surface area (Å²) in [6.45, 7) is 3.49. The number of furan rings is 1. The summed E-state index contributed by atoms with van der Waals surface area (Å²) in [4.78, 5) is 36.4. The van der Waals surface area contributed by atoms with Crippen LogP contribution < -0.4 is 5.43 Å². The number of nitro benzene ring substituents is 1. The molecule has 1 aliphatic heterocycles. The molecule has 3 aromatic rings. The van der Waals surface area contributed by atoms with Gasteiger partial charge in [-0.1, -0.05) is 30.0 Å². The molecule has 0 bridgehead atoms. The van der Waals surface area contributed by atoms with Crippen LogP contribution in [0.4, 0.5) is 5.69 Å². The molecule has 0 spiro atoms. The number of hydrazine groups is 1. The Bertz CT molecular complexity index is 1330. The first-order valence-electron chi connectivity index (χ1n) is 9.74. The predicted octanol–water partition coefficient (Wildman–Crippen LogP) is 5.02. The Hall–Kier alpha value is -3.76. The third-order valence-corrected chi connectivity index (χ3v) is 6.37. The fraction of sp³-hybridized carbons (Fsp3) is 0.0870. The van der Waals surface area contributed by atoms with Crippen LogP contribution >= 0.6 is 24.0 Å². The zero-order chi connectivity index (χ0) is 23.7. The number of thiocarbonyl (C=S) groups is 1. The SMILES string of the molecule is Cc1cc(-c2ccc(/C=C3/SC(=S)N(NC(=O)c4ccccc4)C3=O)o2)cc([N+](=O)[O-])c1C. The van der Waals surface area contributed by atoms with Gasteiger partial charge in [0.15, 0.2) is 4.32 Å². The van der Waals surface area contributed by atoms with E-state index in [0.717, 1.165) is 22.3 Å². The molecule has 1 aliphatic rings. The Morgan fingerprint density at radius 1 is 1.18 bits per heavy atom. The second-order valence-electron chi connectivity index (χ2n) is 7.22. The third kappa shape index (κ3) is 4.57. The number of nitrogens with zero attached hydrogens (tertiary/aromatic N) is 2. The number of carbonyl (C=O) groups is 2. The maximum Gasteiger partial charge on any atom is 0.285 e. The van der Waals surface area contributed by atoms with Gasteiger partial charge in [-0.15, -0.1) is 0 Å². The van der Waals surface area contributed by atoms with Crippen molar-refractivity contribution in [2.45, 2.75) is 13.8 Å². The normalized spacial score (nSPS) is 14.7. The van der Waals surface area contributed by atoms with Crippen molar-refractivity contribution in [1.82, 2.24) is 10.4 Å². The minimum atomic E-state index is -0.478. The molecule has 1 aromatic heterocycles. The van der Waals surface area contributed by atoms with Gasteiger partial charge in [0.1, 0.15) is 11.5 Å². The Kier molecular flexibility index (Phi) is 6.12. The molecule has 0 aliphatic carbocycles. The monoisotopic (exact) mass is 479 g/mol. The van der Waals surface area contributed by atoms with Crippen molar-refractivity contribution in [3.05, 3.63) is 92.1 Å². The number of thioether (sulfide) groups is 1. The van der Waals surface area contributed by atoms with Crippen LogP contribution in [0, 0.1) is 24.0 Å². The summed E-state index contributed by atoms with van der Waals surface area (Å²) in [7, 11) is 0. The molecule has 1 N–H and O–H groups in total. The van der Waals surface area contributed by atoms with Crippen LogP contribution in [-0.4, -0.2) is 26.1 Å². The van der Waals surface area contributed by atoms with E-state index in [1.54, 1.807) is 56.3 Å². The van der Waals surface area contributed by atoms with Crippen molar-refractivity contribution in [3.63, 3.8) is 0 Å². The molecule has 1 saturated heterocycles. The average Bonchev–Trinajstić information content (AvgIpc) is 3.36. The maximum atomic E-state index is 12.8. The third-order valence-electron chi connectivity index (χ3n) is 5.06. The molecule has 10 heteroatoms. The van der Waals surface area contributed by atoms with Gasteiger partial charge in [-0.2, -0.15) is 5.01 Å². The van der Waals surface area contributed by atoms with Crippen LogP contribution in [0.1, 0.15) is 27.2 Å². The van der Waals surface area contributed by atoms with Crippen molar-refractivity contribution in [2.75, 3.05) is 0 Å². The Morgan fingerprint density at radius 3 is 2.61 bits per heavy atom. The van der Waals surface area contributed by atoms with Crippen molar-refractivity contribution in [2.24, 2.45) is 0 Å². The van der Waals surface area contributed by atoms with Crippen molar-refractivity contribution >= 4 is 51.9 Å². The lowest BCUT2D eigenvalue weighted by Gasteiger charge is -2.15. The Labute approximate surface area is 198 Å². The van der Waals surface area contributed by atoms with E-state index in [4.69, 9.17) is 16.6 Å². The second kappa shape index (κ2) is 9.00. The van der Waals surface area contributed by atoms with E-state index in [1.165, 1.54) is 12.1 Å². The van der Waals surface area contributed by atoms with E-state index < -0.39 is 16.7 Å². The number of benzene rings is 2. The van der Waals surface area contributed by atoms with Crippen LogP contribution in [0.25, 0.3) is 17.4 Å². The van der Waals surface area contributed by atoms with Gasteiger partial charge in [0.25, 0.3) is 17.5 Å². The van der Waals surface area contributed by atoms with Crippen molar-refractivity contribution in [1.29, 1.82) is 0 Å². The van der Waals surface area contributed by atoms with Crippen LogP contribution in [-0.2, 0) is 4.79 Å². The molecule has 0 unspecified atom stereocenters. The number of hydrogen-bond acceptors (Lipinski definition) is 7. The fourth-order valence-electron chi connectivity index (χ4n) is 3.21. The number of amides is 2. The summed E-state index contributed by atoms with van der Waals surface area (Å²) in [6.07, 6.45) is 1.52. The molecule has 2 aromatic carbocycles. The van der Waals surface area contributed by atoms with Gasteiger partial charge in [-0.05, 0) is 62.0 Å². The topological polar surface area (TPSA) is 106 Å².